The molecule has 8 heteroatoms. The van der Waals surface area contributed by atoms with Gasteiger partial charge in [0.05, 0.1) is 12.7 Å². The Morgan fingerprint density at radius 2 is 1.79 bits per heavy atom. The van der Waals surface area contributed by atoms with Crippen molar-refractivity contribution in [3.63, 3.8) is 0 Å². The Kier molecular flexibility index (Phi) is 5.40. The average Bonchev–Trinajstić information content (AvgIpc) is 2.54. The zero-order valence-electron chi connectivity index (χ0n) is 12.5. The van der Waals surface area contributed by atoms with Gasteiger partial charge in [-0.2, -0.15) is 13.2 Å². The highest BCUT2D eigenvalue weighted by Crippen LogP contribution is 2.34. The smallest absolute Gasteiger partial charge is 0.416 e. The molecule has 4 nitrogen and oxygen atoms in total. The maximum Gasteiger partial charge on any atom is 0.416 e. The van der Waals surface area contributed by atoms with E-state index < -0.39 is 17.6 Å². The summed E-state index contributed by atoms with van der Waals surface area (Å²) in [4.78, 5) is 12.0. The second-order valence-electron chi connectivity index (χ2n) is 4.72. The van der Waals surface area contributed by atoms with Crippen molar-refractivity contribution < 1.29 is 22.7 Å². The minimum atomic E-state index is -4.53. The van der Waals surface area contributed by atoms with Crippen LogP contribution in [0.25, 0.3) is 0 Å². The highest BCUT2D eigenvalue weighted by molar-refractivity contribution is 7.80. The third-order valence-electron chi connectivity index (χ3n) is 2.99. The summed E-state index contributed by atoms with van der Waals surface area (Å²) < 4.78 is 43.5. The Morgan fingerprint density at radius 1 is 1.12 bits per heavy atom. The second-order valence-corrected chi connectivity index (χ2v) is 5.13. The summed E-state index contributed by atoms with van der Waals surface area (Å²) in [6.07, 6.45) is -4.53. The fraction of sp³-hybridized carbons (Fsp3) is 0.125. The summed E-state index contributed by atoms with van der Waals surface area (Å²) in [6.45, 7) is 0. The Balaban J connectivity index is 2.12. The van der Waals surface area contributed by atoms with Gasteiger partial charge in [-0.25, -0.2) is 0 Å². The molecule has 0 saturated carbocycles. The topological polar surface area (TPSA) is 50.4 Å². The molecule has 2 rings (SSSR count). The van der Waals surface area contributed by atoms with E-state index in [1.807, 2.05) is 0 Å². The van der Waals surface area contributed by atoms with Crippen LogP contribution in [0, 0.1) is 0 Å². The highest BCUT2D eigenvalue weighted by Gasteiger charge is 2.31. The fourth-order valence-corrected chi connectivity index (χ4v) is 2.09. The first kappa shape index (κ1) is 17.7. The minimum Gasteiger partial charge on any atom is -0.497 e. The number of alkyl halides is 3. The molecule has 2 N–H and O–H groups in total. The molecule has 0 aliphatic heterocycles. The van der Waals surface area contributed by atoms with Crippen molar-refractivity contribution in [1.82, 2.24) is 5.32 Å². The summed E-state index contributed by atoms with van der Waals surface area (Å²) in [5.41, 5.74) is -0.454. The molecule has 24 heavy (non-hydrogen) atoms. The third-order valence-corrected chi connectivity index (χ3v) is 3.19. The number of hydrogen-bond acceptors (Lipinski definition) is 3. The van der Waals surface area contributed by atoms with E-state index in [2.05, 4.69) is 10.6 Å². The van der Waals surface area contributed by atoms with Crippen molar-refractivity contribution in [3.05, 3.63) is 59.7 Å². The zero-order chi connectivity index (χ0) is 17.7. The summed E-state index contributed by atoms with van der Waals surface area (Å²) in [6, 6.07) is 11.4. The van der Waals surface area contributed by atoms with Gasteiger partial charge in [-0.3, -0.25) is 10.1 Å². The number of carbonyl (C=O) groups excluding carboxylic acids is 1. The number of halogens is 3. The van der Waals surface area contributed by atoms with Crippen molar-refractivity contribution in [3.8, 4) is 5.75 Å². The van der Waals surface area contributed by atoms with Gasteiger partial charge >= 0.3 is 6.18 Å². The average molecular weight is 354 g/mol. The number of rotatable bonds is 3. The van der Waals surface area contributed by atoms with Crippen LogP contribution in [0.2, 0.25) is 0 Å². The maximum absolute atomic E-state index is 12.9. The molecule has 126 valence electrons. The molecule has 2 aromatic carbocycles. The number of thiocarbonyl (C=S) groups is 1. The molecule has 0 bridgehead atoms. The van der Waals surface area contributed by atoms with Crippen LogP contribution < -0.4 is 15.4 Å². The van der Waals surface area contributed by atoms with E-state index in [1.165, 1.54) is 13.2 Å². The van der Waals surface area contributed by atoms with E-state index in [0.717, 1.165) is 12.1 Å². The lowest BCUT2D eigenvalue weighted by Crippen LogP contribution is -2.34. The predicted molar refractivity (Wildman–Crippen MR) is 88.1 cm³/mol. The lowest BCUT2D eigenvalue weighted by Gasteiger charge is -2.14. The molecule has 0 spiro atoms. The van der Waals surface area contributed by atoms with Crippen molar-refractivity contribution in [1.29, 1.82) is 0 Å². The summed E-state index contributed by atoms with van der Waals surface area (Å²) >= 11 is 4.96. The molecule has 1 amide bonds. The molecule has 0 fully saturated rings. The van der Waals surface area contributed by atoms with E-state index in [9.17, 15) is 18.0 Å². The predicted octanol–water partition coefficient (Wildman–Crippen LogP) is 3.84. The molecular formula is C16H13F3N2O2S. The van der Waals surface area contributed by atoms with Crippen LogP contribution >= 0.6 is 12.2 Å². The normalized spacial score (nSPS) is 10.8. The lowest BCUT2D eigenvalue weighted by molar-refractivity contribution is -0.137. The van der Waals surface area contributed by atoms with Gasteiger partial charge in [0.15, 0.2) is 5.11 Å². The molecule has 0 aromatic heterocycles. The molecule has 0 heterocycles. The second kappa shape index (κ2) is 7.31. The number of carbonyl (C=O) groups is 1. The van der Waals surface area contributed by atoms with Crippen molar-refractivity contribution in [2.24, 2.45) is 0 Å². The van der Waals surface area contributed by atoms with Crippen LogP contribution in [0.3, 0.4) is 0 Å². The van der Waals surface area contributed by atoms with Crippen LogP contribution in [0.1, 0.15) is 15.9 Å². The molecule has 0 aliphatic rings. The SMILES string of the molecule is COc1cc(NC(=S)NC(=O)c2ccccc2)cc(C(F)(F)F)c1. The molecule has 0 unspecified atom stereocenters. The van der Waals surface area contributed by atoms with Crippen LogP contribution in [0.5, 0.6) is 5.75 Å². The first-order chi connectivity index (χ1) is 11.3. The lowest BCUT2D eigenvalue weighted by atomic mass is 10.2. The van der Waals surface area contributed by atoms with Crippen molar-refractivity contribution >= 4 is 28.9 Å². The van der Waals surface area contributed by atoms with Crippen molar-refractivity contribution in [2.75, 3.05) is 12.4 Å². The van der Waals surface area contributed by atoms with Gasteiger partial charge in [0.1, 0.15) is 5.75 Å². The number of anilines is 1. The molecule has 0 aliphatic carbocycles. The van der Waals surface area contributed by atoms with Gasteiger partial charge in [-0.05, 0) is 36.5 Å². The van der Waals surface area contributed by atoms with Crippen LogP contribution in [-0.4, -0.2) is 18.1 Å². The first-order valence-corrected chi connectivity index (χ1v) is 7.14. The number of methoxy groups -OCH3 is 1. The number of hydrogen-bond donors (Lipinski definition) is 2. The molecular weight excluding hydrogens is 341 g/mol. The monoisotopic (exact) mass is 354 g/mol. The Morgan fingerprint density at radius 3 is 2.38 bits per heavy atom. The van der Waals surface area contributed by atoms with Crippen LogP contribution in [-0.2, 0) is 6.18 Å². The van der Waals surface area contributed by atoms with Gasteiger partial charge < -0.3 is 10.1 Å². The van der Waals surface area contributed by atoms with Gasteiger partial charge in [0.25, 0.3) is 5.91 Å². The number of nitrogens with one attached hydrogen (secondary N) is 2. The number of amides is 1. The number of benzene rings is 2. The maximum atomic E-state index is 12.9. The van der Waals surface area contributed by atoms with E-state index in [4.69, 9.17) is 17.0 Å². The molecule has 2 aromatic rings. The van der Waals surface area contributed by atoms with Gasteiger partial charge in [0.2, 0.25) is 0 Å². The van der Waals surface area contributed by atoms with E-state index in [1.54, 1.807) is 30.3 Å². The third kappa shape index (κ3) is 4.69. The van der Waals surface area contributed by atoms with Gasteiger partial charge in [-0.1, -0.05) is 18.2 Å². The summed E-state index contributed by atoms with van der Waals surface area (Å²) in [5.74, 6) is -0.448. The summed E-state index contributed by atoms with van der Waals surface area (Å²) in [5, 5.41) is 4.83. The zero-order valence-corrected chi connectivity index (χ0v) is 13.3. The quantitative estimate of drug-likeness (QED) is 0.823. The standard InChI is InChI=1S/C16H13F3N2O2S/c1-23-13-8-11(16(17,18)19)7-12(9-13)20-15(24)21-14(22)10-5-3-2-4-6-10/h2-9H,1H3,(H2,20,21,22,24). The highest BCUT2D eigenvalue weighted by atomic mass is 32.1. The van der Waals surface area contributed by atoms with Crippen LogP contribution in [0.4, 0.5) is 18.9 Å². The Labute approximate surface area is 141 Å². The van der Waals surface area contributed by atoms with E-state index in [0.29, 0.717) is 5.56 Å². The van der Waals surface area contributed by atoms with Crippen molar-refractivity contribution in [2.45, 2.75) is 6.18 Å². The Hall–Kier alpha value is -2.61. The molecule has 0 atom stereocenters. The van der Waals surface area contributed by atoms with Gasteiger partial charge in [-0.15, -0.1) is 0 Å². The largest absolute Gasteiger partial charge is 0.497 e. The van der Waals surface area contributed by atoms with Gasteiger partial charge in [0, 0.05) is 17.3 Å². The fourth-order valence-electron chi connectivity index (χ4n) is 1.88. The van der Waals surface area contributed by atoms with Crippen LogP contribution in [0.15, 0.2) is 48.5 Å². The van der Waals surface area contributed by atoms with E-state index in [-0.39, 0.29) is 16.5 Å². The summed E-state index contributed by atoms with van der Waals surface area (Å²) in [7, 11) is 1.26. The minimum absolute atomic E-state index is 0.0181. The number of ether oxygens (including phenoxy) is 1. The molecule has 0 radical (unpaired) electrons. The first-order valence-electron chi connectivity index (χ1n) is 6.73. The van der Waals surface area contributed by atoms with E-state index >= 15 is 0 Å². The Bertz CT molecular complexity index is 749. The molecule has 0 saturated heterocycles.